The van der Waals surface area contributed by atoms with Gasteiger partial charge in [-0.2, -0.15) is 5.10 Å². The zero-order chi connectivity index (χ0) is 12.3. The molecule has 1 N–H and O–H groups in total. The molecule has 96 valence electrons. The SMILES string of the molecule is COCCOc1c(CNC2CC2)c(C)nn1C. The summed E-state index contributed by atoms with van der Waals surface area (Å²) in [5.74, 6) is 0.854. The fraction of sp³-hybridized carbons (Fsp3) is 0.750. The molecule has 5 nitrogen and oxygen atoms in total. The Bertz CT molecular complexity index is 372. The van der Waals surface area contributed by atoms with Crippen molar-refractivity contribution < 1.29 is 9.47 Å². The lowest BCUT2D eigenvalue weighted by Crippen LogP contribution is -2.17. The van der Waals surface area contributed by atoms with E-state index < -0.39 is 0 Å². The third-order valence-electron chi connectivity index (χ3n) is 2.96. The van der Waals surface area contributed by atoms with Crippen LogP contribution in [0.5, 0.6) is 5.88 Å². The molecular weight excluding hydrogens is 218 g/mol. The number of methoxy groups -OCH3 is 1. The van der Waals surface area contributed by atoms with Crippen molar-refractivity contribution in [2.45, 2.75) is 32.4 Å². The zero-order valence-corrected chi connectivity index (χ0v) is 10.8. The quantitative estimate of drug-likeness (QED) is 0.721. The smallest absolute Gasteiger partial charge is 0.216 e. The lowest BCUT2D eigenvalue weighted by atomic mass is 10.2. The maximum absolute atomic E-state index is 5.72. The van der Waals surface area contributed by atoms with Gasteiger partial charge in [0.15, 0.2) is 0 Å². The summed E-state index contributed by atoms with van der Waals surface area (Å²) in [5, 5.41) is 7.89. The van der Waals surface area contributed by atoms with Crippen molar-refractivity contribution in [3.63, 3.8) is 0 Å². The van der Waals surface area contributed by atoms with Gasteiger partial charge in [0.05, 0.1) is 17.9 Å². The number of ether oxygens (including phenoxy) is 2. The summed E-state index contributed by atoms with van der Waals surface area (Å²) in [7, 11) is 3.59. The van der Waals surface area contributed by atoms with E-state index in [4.69, 9.17) is 9.47 Å². The first-order valence-electron chi connectivity index (χ1n) is 6.10. The summed E-state index contributed by atoms with van der Waals surface area (Å²) in [5.41, 5.74) is 2.20. The molecule has 0 aliphatic heterocycles. The maximum Gasteiger partial charge on any atom is 0.216 e. The van der Waals surface area contributed by atoms with E-state index in [1.165, 1.54) is 12.8 Å². The van der Waals surface area contributed by atoms with Crippen LogP contribution in [-0.4, -0.2) is 36.1 Å². The molecule has 1 aliphatic rings. The van der Waals surface area contributed by atoms with Crippen LogP contribution in [0.15, 0.2) is 0 Å². The van der Waals surface area contributed by atoms with Gasteiger partial charge in [-0.1, -0.05) is 0 Å². The van der Waals surface area contributed by atoms with Crippen molar-refractivity contribution in [3.05, 3.63) is 11.3 Å². The first-order valence-corrected chi connectivity index (χ1v) is 6.10. The highest BCUT2D eigenvalue weighted by Crippen LogP contribution is 2.24. The fourth-order valence-electron chi connectivity index (χ4n) is 1.82. The number of nitrogens with one attached hydrogen (secondary N) is 1. The Morgan fingerprint density at radius 1 is 1.41 bits per heavy atom. The molecular formula is C12H21N3O2. The molecule has 17 heavy (non-hydrogen) atoms. The van der Waals surface area contributed by atoms with Gasteiger partial charge >= 0.3 is 0 Å². The minimum atomic E-state index is 0.561. The van der Waals surface area contributed by atoms with Crippen molar-refractivity contribution in [3.8, 4) is 5.88 Å². The Hall–Kier alpha value is -1.07. The highest BCUT2D eigenvalue weighted by molar-refractivity contribution is 5.31. The Balaban J connectivity index is 1.99. The predicted octanol–water partition coefficient (Wildman–Crippen LogP) is 1.01. The molecule has 0 aromatic carbocycles. The number of nitrogens with zero attached hydrogens (tertiary/aromatic N) is 2. The fourth-order valence-corrected chi connectivity index (χ4v) is 1.82. The zero-order valence-electron chi connectivity index (χ0n) is 10.8. The van der Waals surface area contributed by atoms with Gasteiger partial charge in [0.2, 0.25) is 5.88 Å². The Morgan fingerprint density at radius 2 is 2.18 bits per heavy atom. The summed E-state index contributed by atoms with van der Waals surface area (Å²) in [4.78, 5) is 0. The molecule has 2 rings (SSSR count). The third-order valence-corrected chi connectivity index (χ3v) is 2.96. The van der Waals surface area contributed by atoms with E-state index in [1.54, 1.807) is 11.8 Å². The minimum Gasteiger partial charge on any atom is -0.475 e. The molecule has 1 aromatic heterocycles. The predicted molar refractivity (Wildman–Crippen MR) is 65.2 cm³/mol. The van der Waals surface area contributed by atoms with E-state index in [1.807, 2.05) is 14.0 Å². The molecule has 1 aliphatic carbocycles. The molecule has 1 fully saturated rings. The van der Waals surface area contributed by atoms with Gasteiger partial charge in [0.25, 0.3) is 0 Å². The second-order valence-electron chi connectivity index (χ2n) is 4.49. The second kappa shape index (κ2) is 5.51. The maximum atomic E-state index is 5.72. The van der Waals surface area contributed by atoms with Crippen LogP contribution in [0.4, 0.5) is 0 Å². The summed E-state index contributed by atoms with van der Waals surface area (Å²) in [6, 6.07) is 0.696. The minimum absolute atomic E-state index is 0.561. The molecule has 0 bridgehead atoms. The van der Waals surface area contributed by atoms with Gasteiger partial charge in [-0.15, -0.1) is 0 Å². The molecule has 0 saturated heterocycles. The molecule has 0 unspecified atom stereocenters. The van der Waals surface area contributed by atoms with Crippen molar-refractivity contribution in [1.29, 1.82) is 0 Å². The van der Waals surface area contributed by atoms with Crippen LogP contribution in [0.2, 0.25) is 0 Å². The first-order chi connectivity index (χ1) is 8.22. The number of rotatable bonds is 7. The largest absolute Gasteiger partial charge is 0.475 e. The molecule has 5 heteroatoms. The van der Waals surface area contributed by atoms with Crippen molar-refractivity contribution in [1.82, 2.24) is 15.1 Å². The molecule has 1 aromatic rings. The van der Waals surface area contributed by atoms with Crippen molar-refractivity contribution in [2.24, 2.45) is 7.05 Å². The van der Waals surface area contributed by atoms with E-state index in [2.05, 4.69) is 10.4 Å². The highest BCUT2D eigenvalue weighted by atomic mass is 16.5. The highest BCUT2D eigenvalue weighted by Gasteiger charge is 2.22. The standard InChI is InChI=1S/C12H21N3O2/c1-9-11(8-13-10-4-5-10)12(15(2)14-9)17-7-6-16-3/h10,13H,4-8H2,1-3H3. The van der Waals surface area contributed by atoms with Crippen LogP contribution in [-0.2, 0) is 18.3 Å². The molecule has 0 amide bonds. The van der Waals surface area contributed by atoms with Gasteiger partial charge in [0, 0.05) is 26.7 Å². The van der Waals surface area contributed by atoms with Gasteiger partial charge in [0.1, 0.15) is 6.61 Å². The molecule has 0 radical (unpaired) electrons. The topological polar surface area (TPSA) is 48.3 Å². The average molecular weight is 239 g/mol. The monoisotopic (exact) mass is 239 g/mol. The van der Waals surface area contributed by atoms with Crippen molar-refractivity contribution in [2.75, 3.05) is 20.3 Å². The van der Waals surface area contributed by atoms with E-state index in [9.17, 15) is 0 Å². The Labute approximate surface area is 102 Å². The van der Waals surface area contributed by atoms with Gasteiger partial charge in [-0.25, -0.2) is 4.68 Å². The van der Waals surface area contributed by atoms with Crippen LogP contribution in [0.1, 0.15) is 24.1 Å². The Kier molecular flexibility index (Phi) is 4.02. The number of hydrogen-bond acceptors (Lipinski definition) is 4. The van der Waals surface area contributed by atoms with Crippen LogP contribution in [0, 0.1) is 6.92 Å². The van der Waals surface area contributed by atoms with E-state index in [0.717, 1.165) is 23.7 Å². The molecule has 0 spiro atoms. The Morgan fingerprint density at radius 3 is 2.82 bits per heavy atom. The third kappa shape index (κ3) is 3.20. The van der Waals surface area contributed by atoms with Crippen LogP contribution >= 0.6 is 0 Å². The van der Waals surface area contributed by atoms with Crippen LogP contribution in [0.25, 0.3) is 0 Å². The summed E-state index contributed by atoms with van der Waals surface area (Å²) in [6.07, 6.45) is 2.58. The lowest BCUT2D eigenvalue weighted by molar-refractivity contribution is 0.140. The van der Waals surface area contributed by atoms with Gasteiger partial charge in [-0.05, 0) is 19.8 Å². The second-order valence-corrected chi connectivity index (χ2v) is 4.49. The first kappa shape index (κ1) is 12.4. The number of aryl methyl sites for hydroxylation is 2. The molecule has 0 atom stereocenters. The lowest BCUT2D eigenvalue weighted by Gasteiger charge is -2.09. The normalized spacial score (nSPS) is 15.2. The van der Waals surface area contributed by atoms with Gasteiger partial charge in [-0.3, -0.25) is 0 Å². The molecule has 1 heterocycles. The summed E-state index contributed by atoms with van der Waals surface area (Å²) < 4.78 is 12.5. The number of aromatic nitrogens is 2. The molecule has 1 saturated carbocycles. The van der Waals surface area contributed by atoms with E-state index in [0.29, 0.717) is 19.3 Å². The van der Waals surface area contributed by atoms with Crippen LogP contribution < -0.4 is 10.1 Å². The van der Waals surface area contributed by atoms with Gasteiger partial charge < -0.3 is 14.8 Å². The van der Waals surface area contributed by atoms with E-state index in [-0.39, 0.29) is 0 Å². The van der Waals surface area contributed by atoms with E-state index >= 15 is 0 Å². The summed E-state index contributed by atoms with van der Waals surface area (Å²) in [6.45, 7) is 4.02. The van der Waals surface area contributed by atoms with Crippen LogP contribution in [0.3, 0.4) is 0 Å². The average Bonchev–Trinajstić information content (AvgIpc) is 3.06. The van der Waals surface area contributed by atoms with Crippen molar-refractivity contribution >= 4 is 0 Å². The number of hydrogen-bond donors (Lipinski definition) is 1. The summed E-state index contributed by atoms with van der Waals surface area (Å²) >= 11 is 0.